The van der Waals surface area contributed by atoms with Crippen LogP contribution >= 0.6 is 7.26 Å². The maximum absolute atomic E-state index is 5.89. The number of hydrogen-bond donors (Lipinski definition) is 0. The fraction of sp³-hybridized carbons (Fsp3) is 0.909. The molecule has 0 saturated heterocycles. The van der Waals surface area contributed by atoms with Crippen molar-refractivity contribution in [2.45, 2.75) is 90.8 Å². The third kappa shape index (κ3) is 22.9. The van der Waals surface area contributed by atoms with Gasteiger partial charge in [0, 0.05) is 40.5 Å². The molecule has 0 rings (SSSR count). The lowest BCUT2D eigenvalue weighted by Gasteiger charge is -2.18. The first-order valence-corrected chi connectivity index (χ1v) is 14.0. The smallest absolute Gasteiger partial charge is 0.157 e. The van der Waals surface area contributed by atoms with E-state index in [0.717, 1.165) is 32.5 Å². The molecule has 158 valence electrons. The van der Waals surface area contributed by atoms with Crippen molar-refractivity contribution in [3.05, 3.63) is 12.2 Å². The molecule has 0 heterocycles. The van der Waals surface area contributed by atoms with E-state index in [-0.39, 0.29) is 30.3 Å². The number of halogens is 1. The van der Waals surface area contributed by atoms with Gasteiger partial charge in [0.15, 0.2) is 6.29 Å². The van der Waals surface area contributed by atoms with Gasteiger partial charge < -0.3 is 33.5 Å². The van der Waals surface area contributed by atoms with E-state index < -0.39 is 7.26 Å². The molecule has 0 aliphatic carbocycles. The Balaban J connectivity index is 0. The monoisotopic (exact) mass is 500 g/mol. The van der Waals surface area contributed by atoms with Crippen LogP contribution in [0.2, 0.25) is 0 Å². The highest BCUT2D eigenvalue weighted by molar-refractivity contribution is 7.73. The minimum absolute atomic E-state index is 0. The second-order valence-corrected chi connectivity index (χ2v) is 13.2. The van der Waals surface area contributed by atoms with Gasteiger partial charge in [-0.25, -0.2) is 0 Å². The molecule has 0 aromatic carbocycles. The van der Waals surface area contributed by atoms with Crippen LogP contribution in [0, 0.1) is 0 Å². The van der Waals surface area contributed by atoms with Crippen molar-refractivity contribution in [2.24, 2.45) is 0 Å². The summed E-state index contributed by atoms with van der Waals surface area (Å²) < 4.78 is 11.8. The van der Waals surface area contributed by atoms with Crippen LogP contribution in [0.25, 0.3) is 0 Å². The molecule has 0 N–H and O–H groups in total. The van der Waals surface area contributed by atoms with Crippen molar-refractivity contribution >= 4 is 7.26 Å². The first-order valence-electron chi connectivity index (χ1n) is 10.7. The van der Waals surface area contributed by atoms with E-state index in [0.29, 0.717) is 0 Å². The Hall–Kier alpha value is 0.820. The normalized spacial score (nSPS) is 12.1. The van der Waals surface area contributed by atoms with Gasteiger partial charge in [0.1, 0.15) is 0 Å². The molecular weight excluding hydrogens is 454 g/mol. The Morgan fingerprint density at radius 1 is 0.731 bits per heavy atom. The van der Waals surface area contributed by atoms with Crippen LogP contribution in [0.4, 0.5) is 0 Å². The van der Waals surface area contributed by atoms with Crippen molar-refractivity contribution in [2.75, 3.05) is 39.4 Å². The van der Waals surface area contributed by atoms with Gasteiger partial charge in [0.05, 0.1) is 6.16 Å². The minimum Gasteiger partial charge on any atom is -1.00 e. The maximum Gasteiger partial charge on any atom is 0.157 e. The number of unbranched alkanes of at least 4 members (excludes halogenated alkanes) is 6. The maximum atomic E-state index is 5.89. The highest BCUT2D eigenvalue weighted by Crippen LogP contribution is 2.47. The van der Waals surface area contributed by atoms with E-state index in [4.69, 9.17) is 9.47 Å². The number of allylic oxidation sites excluding steroid dienone is 2. The molecule has 0 bridgehead atoms. The van der Waals surface area contributed by atoms with Crippen molar-refractivity contribution < 1.29 is 33.5 Å². The summed E-state index contributed by atoms with van der Waals surface area (Å²) >= 11 is 0. The van der Waals surface area contributed by atoms with Crippen LogP contribution < -0.4 is 24.0 Å². The lowest BCUT2D eigenvalue weighted by atomic mass is 10.1. The molecule has 4 heteroatoms. The van der Waals surface area contributed by atoms with Crippen molar-refractivity contribution in [3.8, 4) is 0 Å². The summed E-state index contributed by atoms with van der Waals surface area (Å²) in [6, 6.07) is 0. The quantitative estimate of drug-likeness (QED) is 0.0926. The molecule has 0 atom stereocenters. The van der Waals surface area contributed by atoms with Crippen molar-refractivity contribution in [3.63, 3.8) is 0 Å². The van der Waals surface area contributed by atoms with Gasteiger partial charge in [0.25, 0.3) is 0 Å². The molecule has 0 amide bonds. The summed E-state index contributed by atoms with van der Waals surface area (Å²) in [5.74, 6) is 0. The molecule has 0 aromatic rings. The Kier molecular flexibility index (Phi) is 22.9. The molecular formula is C22H46IO2P. The summed E-state index contributed by atoms with van der Waals surface area (Å²) in [4.78, 5) is 0. The third-order valence-electron chi connectivity index (χ3n) is 4.28. The zero-order valence-electron chi connectivity index (χ0n) is 18.3. The molecule has 26 heavy (non-hydrogen) atoms. The standard InChI is InChI=1S/C22H46O2P.HI/c1-6-8-19-23-22(24-20-9-7-2)18-16-14-12-10-11-13-15-17-21-25(3,4)5;/h11,13,22H,6-10,12,14-21H2,1-5H3;1H/q+1;/p-1/b13-11+;. The van der Waals surface area contributed by atoms with E-state index >= 15 is 0 Å². The zero-order valence-corrected chi connectivity index (χ0v) is 21.3. The Morgan fingerprint density at radius 2 is 1.27 bits per heavy atom. The fourth-order valence-corrected chi connectivity index (χ4v) is 3.73. The summed E-state index contributed by atoms with van der Waals surface area (Å²) in [6.07, 6.45) is 19.5. The van der Waals surface area contributed by atoms with E-state index in [1.54, 1.807) is 0 Å². The minimum atomic E-state index is -0.574. The summed E-state index contributed by atoms with van der Waals surface area (Å²) in [7, 11) is -0.574. The van der Waals surface area contributed by atoms with Gasteiger partial charge in [-0.05, 0) is 51.4 Å². The second kappa shape index (κ2) is 20.6. The van der Waals surface area contributed by atoms with Crippen LogP contribution in [0.3, 0.4) is 0 Å². The van der Waals surface area contributed by atoms with Gasteiger partial charge in [-0.1, -0.05) is 45.3 Å². The average Bonchev–Trinajstić information content (AvgIpc) is 2.55. The van der Waals surface area contributed by atoms with Crippen LogP contribution in [0.1, 0.15) is 84.5 Å². The number of ether oxygens (including phenoxy) is 2. The lowest BCUT2D eigenvalue weighted by molar-refractivity contribution is -0.147. The highest BCUT2D eigenvalue weighted by atomic mass is 127. The number of rotatable bonds is 18. The fourth-order valence-electron chi connectivity index (χ4n) is 2.60. The SMILES string of the molecule is CCCCOC(CCCCC/C=C/CCC[P+](C)(C)C)OCCCC.[I-]. The van der Waals surface area contributed by atoms with Crippen LogP contribution in [-0.2, 0) is 9.47 Å². The van der Waals surface area contributed by atoms with Crippen molar-refractivity contribution in [1.82, 2.24) is 0 Å². The van der Waals surface area contributed by atoms with Crippen molar-refractivity contribution in [1.29, 1.82) is 0 Å². The predicted molar refractivity (Wildman–Crippen MR) is 117 cm³/mol. The molecule has 0 radical (unpaired) electrons. The lowest BCUT2D eigenvalue weighted by Crippen LogP contribution is -3.00. The molecule has 0 aromatic heterocycles. The molecule has 0 aliphatic heterocycles. The van der Waals surface area contributed by atoms with Gasteiger partial charge >= 0.3 is 0 Å². The summed E-state index contributed by atoms with van der Waals surface area (Å²) in [5, 5.41) is 0. The van der Waals surface area contributed by atoms with Crippen LogP contribution in [0.5, 0.6) is 0 Å². The van der Waals surface area contributed by atoms with Gasteiger partial charge in [-0.15, -0.1) is 0 Å². The van der Waals surface area contributed by atoms with Gasteiger partial charge in [0.2, 0.25) is 0 Å². The van der Waals surface area contributed by atoms with E-state index in [9.17, 15) is 0 Å². The van der Waals surface area contributed by atoms with Crippen LogP contribution in [0.15, 0.2) is 12.2 Å². The molecule has 0 spiro atoms. The van der Waals surface area contributed by atoms with E-state index in [2.05, 4.69) is 46.0 Å². The molecule has 0 unspecified atom stereocenters. The van der Waals surface area contributed by atoms with Gasteiger partial charge in [-0.3, -0.25) is 0 Å². The van der Waals surface area contributed by atoms with Gasteiger partial charge in [-0.2, -0.15) is 0 Å². The first-order chi connectivity index (χ1) is 12.0. The molecule has 0 saturated carbocycles. The molecule has 2 nitrogen and oxygen atoms in total. The summed E-state index contributed by atoms with van der Waals surface area (Å²) in [5.41, 5.74) is 0. The zero-order chi connectivity index (χ0) is 18.8. The van der Waals surface area contributed by atoms with E-state index in [1.807, 2.05) is 0 Å². The largest absolute Gasteiger partial charge is 1.00 e. The van der Waals surface area contributed by atoms with Crippen LogP contribution in [-0.4, -0.2) is 45.7 Å². The van der Waals surface area contributed by atoms with E-state index in [1.165, 1.54) is 57.5 Å². The predicted octanol–water partition coefficient (Wildman–Crippen LogP) is 4.14. The molecule has 0 fully saturated rings. The Bertz CT molecular complexity index is 293. The number of hydrogen-bond acceptors (Lipinski definition) is 2. The Labute approximate surface area is 182 Å². The second-order valence-electron chi connectivity index (χ2n) is 8.14. The summed E-state index contributed by atoms with van der Waals surface area (Å²) in [6.45, 7) is 13.4. The first kappa shape index (κ1) is 29.0. The Morgan fingerprint density at radius 3 is 1.77 bits per heavy atom. The topological polar surface area (TPSA) is 18.5 Å². The third-order valence-corrected chi connectivity index (χ3v) is 5.94. The average molecular weight is 500 g/mol. The highest BCUT2D eigenvalue weighted by Gasteiger charge is 2.14. The molecule has 0 aliphatic rings.